The van der Waals surface area contributed by atoms with Crippen LogP contribution >= 0.6 is 0 Å². The van der Waals surface area contributed by atoms with Crippen molar-refractivity contribution in [2.24, 2.45) is 41.4 Å². The first kappa shape index (κ1) is 41.1. The molecule has 18 heteroatoms. The highest BCUT2D eigenvalue weighted by Gasteiger charge is 2.78. The molecule has 0 radical (unpaired) electrons. The molecule has 0 aromatic carbocycles. The van der Waals surface area contributed by atoms with Crippen molar-refractivity contribution in [2.45, 2.75) is 113 Å². The minimum Gasteiger partial charge on any atom is -0.498 e. The van der Waals surface area contributed by atoms with E-state index in [9.17, 15) is 62.3 Å². The zero-order valence-electron chi connectivity index (χ0n) is 27.6. The Kier molecular flexibility index (Phi) is 11.8. The maximum Gasteiger partial charge on any atom is 0.437 e. The lowest BCUT2D eigenvalue weighted by molar-refractivity contribution is -0.405. The van der Waals surface area contributed by atoms with Gasteiger partial charge >= 0.3 is 42.2 Å². The summed E-state index contributed by atoms with van der Waals surface area (Å²) >= 11 is 0. The average Bonchev–Trinajstić information content (AvgIpc) is 3.58. The second kappa shape index (κ2) is 14.6. The van der Waals surface area contributed by atoms with Gasteiger partial charge in [-0.25, -0.2) is 4.79 Å². The van der Waals surface area contributed by atoms with Gasteiger partial charge in [0.2, 0.25) is 0 Å². The highest BCUT2D eigenvalue weighted by Crippen LogP contribution is 2.60. The van der Waals surface area contributed by atoms with Crippen LogP contribution in [0.15, 0.2) is 25.0 Å². The molecule has 8 unspecified atom stereocenters. The van der Waals surface area contributed by atoms with E-state index in [1.54, 1.807) is 0 Å². The van der Waals surface area contributed by atoms with E-state index < -0.39 is 121 Å². The second-order valence-corrected chi connectivity index (χ2v) is 14.2. The predicted molar refractivity (Wildman–Crippen MR) is 153 cm³/mol. The second-order valence-electron chi connectivity index (χ2n) is 14.2. The molecular formula is C33H40F12O6. The summed E-state index contributed by atoms with van der Waals surface area (Å²) in [6, 6.07) is 0. The molecule has 4 aliphatic rings. The molecule has 0 N–H and O–H groups in total. The van der Waals surface area contributed by atoms with Crippen LogP contribution in [0.4, 0.5) is 52.7 Å². The monoisotopic (exact) mass is 760 g/mol. The van der Waals surface area contributed by atoms with Crippen molar-refractivity contribution in [2.75, 3.05) is 13.2 Å². The van der Waals surface area contributed by atoms with Gasteiger partial charge in [0.15, 0.2) is 0 Å². The Balaban J connectivity index is 1.47. The van der Waals surface area contributed by atoms with Gasteiger partial charge in [-0.1, -0.05) is 26.0 Å². The van der Waals surface area contributed by atoms with Crippen LogP contribution in [0.2, 0.25) is 0 Å². The molecule has 0 spiro atoms. The Bertz CT molecular complexity index is 1260. The van der Waals surface area contributed by atoms with Crippen LogP contribution in [-0.2, 0) is 28.5 Å². The maximum atomic E-state index is 14.7. The summed E-state index contributed by atoms with van der Waals surface area (Å²) in [5.41, 5.74) is -10.4. The van der Waals surface area contributed by atoms with E-state index in [2.05, 4.69) is 17.9 Å². The predicted octanol–water partition coefficient (Wildman–Crippen LogP) is 9.19. The Morgan fingerprint density at radius 1 is 0.745 bits per heavy atom. The highest BCUT2D eigenvalue weighted by atomic mass is 19.4. The van der Waals surface area contributed by atoms with Crippen molar-refractivity contribution in [3.05, 3.63) is 25.0 Å². The topological polar surface area (TPSA) is 71.1 Å². The first-order valence-electron chi connectivity index (χ1n) is 16.6. The zero-order valence-corrected chi connectivity index (χ0v) is 27.6. The fourth-order valence-corrected chi connectivity index (χ4v) is 9.35. The fourth-order valence-electron chi connectivity index (χ4n) is 9.35. The summed E-state index contributed by atoms with van der Waals surface area (Å²) in [6.45, 7) is 4.98. The summed E-state index contributed by atoms with van der Waals surface area (Å²) < 4.78 is 191. The highest BCUT2D eigenvalue weighted by molar-refractivity contribution is 5.88. The van der Waals surface area contributed by atoms with Crippen molar-refractivity contribution in [3.63, 3.8) is 0 Å². The van der Waals surface area contributed by atoms with Gasteiger partial charge < -0.3 is 18.9 Å². The van der Waals surface area contributed by atoms with E-state index in [1.807, 2.05) is 0 Å². The van der Waals surface area contributed by atoms with Gasteiger partial charge in [0.05, 0.1) is 25.0 Å². The number of hydrogen-bond acceptors (Lipinski definition) is 6. The molecule has 0 saturated heterocycles. The van der Waals surface area contributed by atoms with Crippen LogP contribution in [0.1, 0.15) is 71.1 Å². The number of halogens is 12. The number of fused-ring (bicyclic) bond motifs is 3. The lowest BCUT2D eigenvalue weighted by Crippen LogP contribution is -2.67. The van der Waals surface area contributed by atoms with Gasteiger partial charge in [-0.05, 0) is 80.5 Å². The van der Waals surface area contributed by atoms with Crippen molar-refractivity contribution < 1.29 is 81.2 Å². The Hall–Kier alpha value is -2.66. The smallest absolute Gasteiger partial charge is 0.437 e. The molecule has 0 heterocycles. The maximum absolute atomic E-state index is 14.7. The Morgan fingerprint density at radius 2 is 1.31 bits per heavy atom. The minimum absolute atomic E-state index is 0.0606. The van der Waals surface area contributed by atoms with Gasteiger partial charge in [0.25, 0.3) is 5.60 Å². The van der Waals surface area contributed by atoms with E-state index >= 15 is 0 Å². The molecule has 51 heavy (non-hydrogen) atoms. The molecule has 4 saturated carbocycles. The van der Waals surface area contributed by atoms with Crippen molar-refractivity contribution in [1.82, 2.24) is 0 Å². The van der Waals surface area contributed by atoms with Gasteiger partial charge in [-0.3, -0.25) is 4.79 Å². The molecule has 4 rings (SSSR count). The fraction of sp³-hybridized carbons (Fsp3) is 0.818. The summed E-state index contributed by atoms with van der Waals surface area (Å²) in [7, 11) is 0. The van der Waals surface area contributed by atoms with Crippen LogP contribution in [0, 0.1) is 41.4 Å². The van der Waals surface area contributed by atoms with E-state index in [1.165, 1.54) is 0 Å². The van der Waals surface area contributed by atoms with Crippen LogP contribution in [-0.4, -0.2) is 67.2 Å². The van der Waals surface area contributed by atoms with Crippen molar-refractivity contribution >= 4 is 11.9 Å². The third kappa shape index (κ3) is 7.85. The van der Waals surface area contributed by atoms with E-state index in [-0.39, 0.29) is 38.0 Å². The molecule has 8 atom stereocenters. The minimum atomic E-state index is -6.02. The van der Waals surface area contributed by atoms with Gasteiger partial charge in [-0.2, -0.15) is 52.7 Å². The van der Waals surface area contributed by atoms with E-state index in [4.69, 9.17) is 14.2 Å². The van der Waals surface area contributed by atoms with Gasteiger partial charge in [0, 0.05) is 19.3 Å². The molecule has 4 aliphatic carbocycles. The number of rotatable bonds is 12. The SMILES string of the molecule is C=COC1CCC(C(OCC(=C)C(=O)OCC2CC3CC(CC(OC(C)=O)(C(F)(F)F)C(F)(F)F)C2C3)(C(F)(F)F)C(F)(F)F)C2CCCCC12. The van der Waals surface area contributed by atoms with Crippen molar-refractivity contribution in [3.8, 4) is 0 Å². The number of alkyl halides is 12. The number of esters is 2. The molecular weight excluding hydrogens is 720 g/mol. The standard InChI is InChI=1S/C33H40F12O6/c1-4-48-26-10-9-25(22-7-5-6-8-23(22)26)29(32(40,41)42,33(43,44)45)50-15-17(2)27(47)49-16-21-12-19-11-20(24(21)13-19)14-28(30(34,35)36,31(37,38)39)51-18(3)46/h4,19-26H,1-2,5-16H2,3H3. The molecule has 292 valence electrons. The number of hydrogen-bond donors (Lipinski definition) is 0. The summed E-state index contributed by atoms with van der Waals surface area (Å²) in [6.07, 6.45) is -24.1. The van der Waals surface area contributed by atoms with Crippen LogP contribution in [0.5, 0.6) is 0 Å². The third-order valence-electron chi connectivity index (χ3n) is 11.3. The molecule has 0 aromatic heterocycles. The third-order valence-corrected chi connectivity index (χ3v) is 11.3. The van der Waals surface area contributed by atoms with Crippen LogP contribution in [0.25, 0.3) is 0 Å². The van der Waals surface area contributed by atoms with E-state index in [0.29, 0.717) is 26.2 Å². The summed E-state index contributed by atoms with van der Waals surface area (Å²) in [4.78, 5) is 24.2. The molecule has 2 bridgehead atoms. The van der Waals surface area contributed by atoms with Crippen molar-refractivity contribution in [1.29, 1.82) is 0 Å². The number of carbonyl (C=O) groups excluding carboxylic acids is 2. The Morgan fingerprint density at radius 3 is 1.82 bits per heavy atom. The normalized spacial score (nSPS) is 30.4. The quantitative estimate of drug-likeness (QED) is 0.0856. The van der Waals surface area contributed by atoms with Gasteiger partial charge in [0.1, 0.15) is 6.10 Å². The zero-order chi connectivity index (χ0) is 38.4. The lowest BCUT2D eigenvalue weighted by atomic mass is 9.59. The Labute approximate surface area is 286 Å². The molecule has 6 nitrogen and oxygen atoms in total. The molecule has 0 aromatic rings. The number of ether oxygens (including phenoxy) is 4. The van der Waals surface area contributed by atoms with Crippen LogP contribution in [0.3, 0.4) is 0 Å². The summed E-state index contributed by atoms with van der Waals surface area (Å²) in [5, 5.41) is 0. The molecule has 0 aliphatic heterocycles. The van der Waals surface area contributed by atoms with E-state index in [0.717, 1.165) is 6.26 Å². The summed E-state index contributed by atoms with van der Waals surface area (Å²) in [5.74, 6) is -10.3. The number of carbonyl (C=O) groups is 2. The largest absolute Gasteiger partial charge is 0.498 e. The first-order chi connectivity index (χ1) is 23.4. The van der Waals surface area contributed by atoms with Gasteiger partial charge in [-0.15, -0.1) is 0 Å². The molecule has 0 amide bonds. The van der Waals surface area contributed by atoms with Crippen LogP contribution < -0.4 is 0 Å². The molecule has 4 fully saturated rings. The first-order valence-corrected chi connectivity index (χ1v) is 16.6. The lowest BCUT2D eigenvalue weighted by Gasteiger charge is -2.52. The average molecular weight is 761 g/mol.